The Balaban J connectivity index is 1.58. The van der Waals surface area contributed by atoms with Crippen LogP contribution in [0.25, 0.3) is 0 Å². The third-order valence-corrected chi connectivity index (χ3v) is 8.01. The largest absolute Gasteiger partial charge is 0.365 e. The molecule has 6 heteroatoms. The Morgan fingerprint density at radius 3 is 2.45 bits per heavy atom. The van der Waals surface area contributed by atoms with E-state index in [1.807, 2.05) is 31.2 Å². The summed E-state index contributed by atoms with van der Waals surface area (Å²) in [5, 5.41) is 7.94. The fourth-order valence-corrected chi connectivity index (χ4v) is 5.36. The van der Waals surface area contributed by atoms with Crippen LogP contribution < -0.4 is 5.32 Å². The third-order valence-electron chi connectivity index (χ3n) is 7.76. The van der Waals surface area contributed by atoms with E-state index in [1.54, 1.807) is 24.3 Å². The van der Waals surface area contributed by atoms with Crippen LogP contribution in [0, 0.1) is 23.2 Å². The topological polar surface area (TPSA) is 67.8 Å². The Morgan fingerprint density at radius 2 is 1.77 bits per heavy atom. The maximum absolute atomic E-state index is 13.5. The van der Waals surface area contributed by atoms with Crippen LogP contribution in [0.15, 0.2) is 53.7 Å². The monoisotopic (exact) mass is 438 g/mol. The molecule has 1 amide bonds. The molecule has 4 rings (SSSR count). The van der Waals surface area contributed by atoms with Crippen LogP contribution >= 0.6 is 11.6 Å². The van der Waals surface area contributed by atoms with Gasteiger partial charge in [0.25, 0.3) is 0 Å². The molecular formula is C25H27ClN2O3. The molecule has 0 saturated heterocycles. The number of nitrogens with zero attached hydrogens (tertiary/aromatic N) is 1. The van der Waals surface area contributed by atoms with Crippen molar-refractivity contribution in [2.45, 2.75) is 47.0 Å². The molecule has 2 aromatic rings. The quantitative estimate of drug-likeness (QED) is 0.469. The minimum atomic E-state index is -0.600. The lowest BCUT2D eigenvalue weighted by Gasteiger charge is -2.39. The number of carbonyl (C=O) groups is 2. The molecule has 0 heterocycles. The van der Waals surface area contributed by atoms with Crippen molar-refractivity contribution in [1.29, 1.82) is 0 Å². The zero-order valence-electron chi connectivity index (χ0n) is 18.3. The van der Waals surface area contributed by atoms with Crippen molar-refractivity contribution in [3.05, 3.63) is 64.7 Å². The predicted octanol–water partition coefficient (Wildman–Crippen LogP) is 6.02. The number of nitrogens with one attached hydrogen (secondary N) is 1. The van der Waals surface area contributed by atoms with E-state index >= 15 is 0 Å². The summed E-state index contributed by atoms with van der Waals surface area (Å²) in [6, 6.07) is 14.3. The second-order valence-corrected chi connectivity index (χ2v) is 9.90. The third kappa shape index (κ3) is 3.35. The molecular weight excluding hydrogens is 412 g/mol. The average Bonchev–Trinajstić information content (AvgIpc) is 3.03. The molecule has 0 radical (unpaired) electrons. The summed E-state index contributed by atoms with van der Waals surface area (Å²) in [5.41, 5.74) is 1.78. The van der Waals surface area contributed by atoms with E-state index in [0.29, 0.717) is 17.0 Å². The van der Waals surface area contributed by atoms with E-state index < -0.39 is 11.4 Å². The van der Waals surface area contributed by atoms with Gasteiger partial charge in [-0.1, -0.05) is 49.7 Å². The molecule has 2 fully saturated rings. The Morgan fingerprint density at radius 1 is 1.06 bits per heavy atom. The molecule has 0 aliphatic heterocycles. The number of hydrogen-bond donors (Lipinski definition) is 1. The number of oxime groups is 1. The minimum Gasteiger partial charge on any atom is -0.326 e. The second-order valence-electron chi connectivity index (χ2n) is 9.46. The molecule has 31 heavy (non-hydrogen) atoms. The molecule has 2 atom stereocenters. The first-order valence-electron chi connectivity index (χ1n) is 10.5. The van der Waals surface area contributed by atoms with Crippen molar-refractivity contribution in [2.24, 2.45) is 21.4 Å². The summed E-state index contributed by atoms with van der Waals surface area (Å²) in [6.45, 7) is 8.37. The lowest BCUT2D eigenvalue weighted by Crippen LogP contribution is -2.43. The number of aryl methyl sites for hydroxylation is 1. The number of carbonyl (C=O) groups excluding carboxylic acids is 2. The van der Waals surface area contributed by atoms with E-state index in [2.05, 4.69) is 31.2 Å². The van der Waals surface area contributed by atoms with Crippen LogP contribution in [0.2, 0.25) is 5.02 Å². The summed E-state index contributed by atoms with van der Waals surface area (Å²) < 4.78 is 0. The van der Waals surface area contributed by atoms with Gasteiger partial charge in [0.15, 0.2) is 0 Å². The lowest BCUT2D eigenvalue weighted by atomic mass is 9.64. The van der Waals surface area contributed by atoms with E-state index in [-0.39, 0.29) is 16.7 Å². The molecule has 5 nitrogen and oxygen atoms in total. The van der Waals surface area contributed by atoms with Crippen molar-refractivity contribution >= 4 is 34.9 Å². The summed E-state index contributed by atoms with van der Waals surface area (Å²) in [7, 11) is 0. The number of rotatable bonds is 4. The van der Waals surface area contributed by atoms with Crippen LogP contribution in [0.4, 0.5) is 5.69 Å². The Bertz CT molecular complexity index is 1080. The highest BCUT2D eigenvalue weighted by molar-refractivity contribution is 6.30. The molecule has 0 aromatic heterocycles. The number of amides is 1. The number of hydrogen-bond acceptors (Lipinski definition) is 4. The Kier molecular flexibility index (Phi) is 5.21. The van der Waals surface area contributed by atoms with Gasteiger partial charge in [0, 0.05) is 22.5 Å². The highest BCUT2D eigenvalue weighted by atomic mass is 35.5. The van der Waals surface area contributed by atoms with E-state index in [1.165, 1.54) is 0 Å². The van der Waals surface area contributed by atoms with Crippen LogP contribution in [-0.4, -0.2) is 17.6 Å². The van der Waals surface area contributed by atoms with Crippen molar-refractivity contribution in [2.75, 3.05) is 5.32 Å². The maximum Gasteiger partial charge on any atom is 0.365 e. The first-order chi connectivity index (χ1) is 14.6. The van der Waals surface area contributed by atoms with Crippen molar-refractivity contribution in [3.8, 4) is 0 Å². The molecule has 2 aliphatic carbocycles. The van der Waals surface area contributed by atoms with Crippen LogP contribution in [0.3, 0.4) is 0 Å². The van der Waals surface area contributed by atoms with Gasteiger partial charge in [0.05, 0.1) is 16.7 Å². The van der Waals surface area contributed by atoms with Gasteiger partial charge in [-0.05, 0) is 67.1 Å². The first kappa shape index (κ1) is 21.6. The fraction of sp³-hybridized carbons (Fsp3) is 0.400. The number of halogens is 1. The van der Waals surface area contributed by atoms with Crippen LogP contribution in [-0.2, 0) is 9.63 Å². The smallest absolute Gasteiger partial charge is 0.326 e. The van der Waals surface area contributed by atoms with Gasteiger partial charge in [-0.25, -0.2) is 4.79 Å². The van der Waals surface area contributed by atoms with E-state index in [4.69, 9.17) is 16.4 Å². The molecule has 162 valence electrons. The van der Waals surface area contributed by atoms with Crippen LogP contribution in [0.1, 0.15) is 56.0 Å². The summed E-state index contributed by atoms with van der Waals surface area (Å²) >= 11 is 5.88. The molecule has 2 bridgehead atoms. The van der Waals surface area contributed by atoms with E-state index in [9.17, 15) is 9.59 Å². The first-order valence-corrected chi connectivity index (χ1v) is 10.9. The number of fused-ring (bicyclic) bond motifs is 2. The average molecular weight is 439 g/mol. The maximum atomic E-state index is 13.5. The van der Waals surface area contributed by atoms with Crippen molar-refractivity contribution in [1.82, 2.24) is 0 Å². The molecule has 1 N–H and O–H groups in total. The molecule has 0 spiro atoms. The summed E-state index contributed by atoms with van der Waals surface area (Å²) in [4.78, 5) is 31.2. The predicted molar refractivity (Wildman–Crippen MR) is 122 cm³/mol. The Hall–Kier alpha value is -2.66. The van der Waals surface area contributed by atoms with E-state index in [0.717, 1.165) is 29.8 Å². The van der Waals surface area contributed by atoms with Gasteiger partial charge in [-0.3, -0.25) is 4.79 Å². The highest BCUT2D eigenvalue weighted by Crippen LogP contribution is 2.71. The fourth-order valence-electron chi connectivity index (χ4n) is 5.23. The van der Waals surface area contributed by atoms with Gasteiger partial charge < -0.3 is 10.2 Å². The zero-order valence-corrected chi connectivity index (χ0v) is 19.0. The number of anilines is 1. The van der Waals surface area contributed by atoms with Crippen LogP contribution in [0.5, 0.6) is 0 Å². The highest BCUT2D eigenvalue weighted by Gasteiger charge is 2.71. The van der Waals surface area contributed by atoms with Gasteiger partial charge in [-0.15, -0.1) is 0 Å². The lowest BCUT2D eigenvalue weighted by molar-refractivity contribution is -0.130. The SMILES string of the molecule is Cc1cccc(NC(=O)C23CCC(C)(/C(=N/OC(=O)c4ccc(Cl)cc4)C2)C3(C)C)c1. The number of benzene rings is 2. The minimum absolute atomic E-state index is 0.000975. The second kappa shape index (κ2) is 7.49. The molecule has 2 saturated carbocycles. The normalized spacial score (nSPS) is 27.3. The van der Waals surface area contributed by atoms with Gasteiger partial charge in [0.2, 0.25) is 5.91 Å². The molecule has 2 aromatic carbocycles. The van der Waals surface area contributed by atoms with Gasteiger partial charge in [-0.2, -0.15) is 0 Å². The standard InChI is InChI=1S/C25H27ClN2O3/c1-16-6-5-7-19(14-16)27-22(30)25-13-12-24(4,23(25,2)3)20(15-25)28-31-21(29)17-8-10-18(26)11-9-17/h5-11,14H,12-13,15H2,1-4H3,(H,27,30)/b28-20+. The summed E-state index contributed by atoms with van der Waals surface area (Å²) in [5.74, 6) is -0.535. The summed E-state index contributed by atoms with van der Waals surface area (Å²) in [6.07, 6.45) is 2.07. The molecule has 2 aliphatic rings. The zero-order chi connectivity index (χ0) is 22.4. The molecule has 2 unspecified atom stereocenters. The van der Waals surface area contributed by atoms with Crippen molar-refractivity contribution < 1.29 is 14.4 Å². The van der Waals surface area contributed by atoms with Gasteiger partial charge in [0.1, 0.15) is 0 Å². The Labute approximate surface area is 187 Å². The van der Waals surface area contributed by atoms with Crippen molar-refractivity contribution in [3.63, 3.8) is 0 Å². The van der Waals surface area contributed by atoms with Gasteiger partial charge >= 0.3 is 5.97 Å².